The minimum absolute atomic E-state index is 0.0248. The van der Waals surface area contributed by atoms with Crippen LogP contribution in [0.5, 0.6) is 5.75 Å². The summed E-state index contributed by atoms with van der Waals surface area (Å²) in [6.45, 7) is 5.38. The van der Waals surface area contributed by atoms with Gasteiger partial charge in [-0.3, -0.25) is 4.79 Å². The highest BCUT2D eigenvalue weighted by Gasteiger charge is 2.14. The lowest BCUT2D eigenvalue weighted by Crippen LogP contribution is -2.11. The van der Waals surface area contributed by atoms with Gasteiger partial charge in [0.05, 0.1) is 0 Å². The van der Waals surface area contributed by atoms with Crippen molar-refractivity contribution in [3.05, 3.63) is 89.6 Å². The Morgan fingerprint density at radius 2 is 1.82 bits per heavy atom. The van der Waals surface area contributed by atoms with E-state index in [1.807, 2.05) is 24.3 Å². The van der Waals surface area contributed by atoms with E-state index in [9.17, 15) is 4.79 Å². The van der Waals surface area contributed by atoms with Gasteiger partial charge in [0.25, 0.3) is 0 Å². The molecule has 4 aromatic rings. The zero-order chi connectivity index (χ0) is 24.1. The van der Waals surface area contributed by atoms with Gasteiger partial charge in [-0.05, 0) is 66.4 Å². The molecule has 0 aliphatic heterocycles. The number of ketones is 1. The lowest BCUT2D eigenvalue weighted by Gasteiger charge is -2.15. The number of carbonyl (C=O) groups is 1. The van der Waals surface area contributed by atoms with Crippen LogP contribution in [0.15, 0.2) is 72.9 Å². The highest BCUT2D eigenvalue weighted by atomic mass is 16.5. The molecule has 0 unspecified atom stereocenters. The number of hydrogen-bond donors (Lipinski definition) is 1. The molecule has 0 bridgehead atoms. The van der Waals surface area contributed by atoms with Crippen molar-refractivity contribution < 1.29 is 14.3 Å². The first kappa shape index (κ1) is 23.7. The van der Waals surface area contributed by atoms with Crippen LogP contribution in [0.2, 0.25) is 0 Å². The maximum Gasteiger partial charge on any atom is 0.162 e. The topological polar surface area (TPSA) is 66.5 Å². The first-order chi connectivity index (χ1) is 16.5. The number of para-hydroxylation sites is 1. The minimum Gasteiger partial charge on any atom is -0.489 e. The Hall–Kier alpha value is -3.41. The predicted octanol–water partition coefficient (Wildman–Crippen LogP) is 5.68. The summed E-state index contributed by atoms with van der Waals surface area (Å²) in [6.07, 6.45) is 2.43. The summed E-state index contributed by atoms with van der Waals surface area (Å²) in [5.41, 5.74) is 12.4. The molecule has 2 N–H and O–H groups in total. The van der Waals surface area contributed by atoms with E-state index in [-0.39, 0.29) is 18.8 Å². The third-order valence-corrected chi connectivity index (χ3v) is 5.99. The predicted molar refractivity (Wildman–Crippen MR) is 137 cm³/mol. The van der Waals surface area contributed by atoms with Gasteiger partial charge >= 0.3 is 0 Å². The number of rotatable bonds is 10. The maximum atomic E-state index is 12.1. The number of benzene rings is 3. The van der Waals surface area contributed by atoms with Crippen molar-refractivity contribution in [1.82, 2.24) is 4.57 Å². The number of nitrogens with zero attached hydrogens (tertiary/aromatic N) is 1. The van der Waals surface area contributed by atoms with Crippen molar-refractivity contribution in [2.75, 3.05) is 13.7 Å². The second-order valence-electron chi connectivity index (χ2n) is 8.84. The molecule has 0 saturated carbocycles. The van der Waals surface area contributed by atoms with Crippen molar-refractivity contribution >= 4 is 16.7 Å². The number of nitrogens with two attached hydrogens (primary N) is 1. The van der Waals surface area contributed by atoms with Gasteiger partial charge in [-0.15, -0.1) is 0 Å². The fraction of sp³-hybridized carbons (Fsp3) is 0.276. The minimum atomic E-state index is 0.0248. The van der Waals surface area contributed by atoms with Crippen LogP contribution in [0.4, 0.5) is 0 Å². The summed E-state index contributed by atoms with van der Waals surface area (Å²) < 4.78 is 13.5. The molecule has 1 aromatic heterocycles. The van der Waals surface area contributed by atoms with Crippen LogP contribution >= 0.6 is 0 Å². The Balaban J connectivity index is 1.70. The van der Waals surface area contributed by atoms with Crippen molar-refractivity contribution in [2.45, 2.75) is 39.5 Å². The van der Waals surface area contributed by atoms with Crippen LogP contribution in [0.3, 0.4) is 0 Å². The SMILES string of the molecule is COCC(=O)Cc1ccccc1OCc1cc(-c2cccc(CN)c2)c2ccn(C(C)C)c2c1. The number of aromatic nitrogens is 1. The molecular formula is C29H32N2O3. The quantitative estimate of drug-likeness (QED) is 0.333. The maximum absolute atomic E-state index is 12.1. The molecule has 0 atom stereocenters. The third kappa shape index (κ3) is 5.22. The molecular weight excluding hydrogens is 424 g/mol. The van der Waals surface area contributed by atoms with Gasteiger partial charge < -0.3 is 19.8 Å². The highest BCUT2D eigenvalue weighted by molar-refractivity contribution is 5.96. The molecule has 0 fully saturated rings. The van der Waals surface area contributed by atoms with Crippen LogP contribution in [0.1, 0.15) is 36.6 Å². The molecule has 0 aliphatic rings. The smallest absolute Gasteiger partial charge is 0.162 e. The number of Topliss-reactive ketones (excluding diaryl/α,β-unsaturated/α-hetero) is 1. The molecule has 4 rings (SSSR count). The van der Waals surface area contributed by atoms with Crippen molar-refractivity contribution in [1.29, 1.82) is 0 Å². The number of methoxy groups -OCH3 is 1. The zero-order valence-corrected chi connectivity index (χ0v) is 20.1. The van der Waals surface area contributed by atoms with Crippen molar-refractivity contribution in [2.24, 2.45) is 5.73 Å². The Morgan fingerprint density at radius 1 is 1.00 bits per heavy atom. The standard InChI is InChI=1S/C29H32N2O3/c1-20(2)31-12-11-26-27(23-9-6-7-21(13-23)17-30)14-22(15-28(26)31)18-34-29-10-5-4-8-24(29)16-25(32)19-33-3/h4-15,20H,16-19,30H2,1-3H3. The second-order valence-corrected chi connectivity index (χ2v) is 8.84. The number of ether oxygens (including phenoxy) is 2. The van der Waals surface area contributed by atoms with Gasteiger partial charge in [0.2, 0.25) is 0 Å². The molecule has 5 heteroatoms. The molecule has 34 heavy (non-hydrogen) atoms. The van der Waals surface area contributed by atoms with Gasteiger partial charge in [-0.2, -0.15) is 0 Å². The van der Waals surface area contributed by atoms with E-state index in [0.717, 1.165) is 33.6 Å². The largest absolute Gasteiger partial charge is 0.489 e. The summed E-state index contributed by atoms with van der Waals surface area (Å²) in [4.78, 5) is 12.1. The normalized spacial score (nSPS) is 11.3. The van der Waals surface area contributed by atoms with E-state index >= 15 is 0 Å². The lowest BCUT2D eigenvalue weighted by atomic mass is 9.97. The fourth-order valence-electron chi connectivity index (χ4n) is 4.33. The van der Waals surface area contributed by atoms with Crippen LogP contribution in [-0.2, 0) is 29.1 Å². The molecule has 5 nitrogen and oxygen atoms in total. The highest BCUT2D eigenvalue weighted by Crippen LogP contribution is 2.33. The fourth-order valence-corrected chi connectivity index (χ4v) is 4.33. The lowest BCUT2D eigenvalue weighted by molar-refractivity contribution is -0.122. The summed E-state index contributed by atoms with van der Waals surface area (Å²) >= 11 is 0. The third-order valence-electron chi connectivity index (χ3n) is 5.99. The monoisotopic (exact) mass is 456 g/mol. The van der Waals surface area contributed by atoms with E-state index in [1.54, 1.807) is 0 Å². The summed E-state index contributed by atoms with van der Waals surface area (Å²) in [6, 6.07) is 23.0. The van der Waals surface area contributed by atoms with Crippen LogP contribution in [0.25, 0.3) is 22.0 Å². The van der Waals surface area contributed by atoms with Gasteiger partial charge in [0.15, 0.2) is 5.78 Å². The van der Waals surface area contributed by atoms with E-state index in [0.29, 0.717) is 19.2 Å². The van der Waals surface area contributed by atoms with Crippen LogP contribution < -0.4 is 10.5 Å². The zero-order valence-electron chi connectivity index (χ0n) is 20.1. The first-order valence-corrected chi connectivity index (χ1v) is 11.6. The molecule has 0 aliphatic carbocycles. The van der Waals surface area contributed by atoms with Crippen LogP contribution in [-0.4, -0.2) is 24.1 Å². The van der Waals surface area contributed by atoms with Crippen molar-refractivity contribution in [3.63, 3.8) is 0 Å². The number of carbonyl (C=O) groups excluding carboxylic acids is 1. The van der Waals surface area contributed by atoms with Crippen molar-refractivity contribution in [3.8, 4) is 16.9 Å². The molecule has 0 spiro atoms. The Labute approximate surface area is 201 Å². The summed E-state index contributed by atoms with van der Waals surface area (Å²) in [5.74, 6) is 0.745. The second kappa shape index (κ2) is 10.7. The van der Waals surface area contributed by atoms with E-state index in [2.05, 4.69) is 67.1 Å². The Kier molecular flexibility index (Phi) is 7.46. The first-order valence-electron chi connectivity index (χ1n) is 11.6. The average Bonchev–Trinajstić information content (AvgIpc) is 3.27. The number of hydrogen-bond acceptors (Lipinski definition) is 4. The molecule has 0 amide bonds. The number of fused-ring (bicyclic) bond motifs is 1. The summed E-state index contributed by atoms with van der Waals surface area (Å²) in [7, 11) is 1.53. The molecule has 0 saturated heterocycles. The van der Waals surface area contributed by atoms with Gasteiger partial charge in [-0.1, -0.05) is 36.4 Å². The molecule has 3 aromatic carbocycles. The van der Waals surface area contributed by atoms with E-state index < -0.39 is 0 Å². The van der Waals surface area contributed by atoms with E-state index in [4.69, 9.17) is 15.2 Å². The average molecular weight is 457 g/mol. The Morgan fingerprint density at radius 3 is 2.59 bits per heavy atom. The van der Waals surface area contributed by atoms with Gasteiger partial charge in [0, 0.05) is 48.8 Å². The Bertz CT molecular complexity index is 1290. The summed E-state index contributed by atoms with van der Waals surface area (Å²) in [5, 5.41) is 1.21. The van der Waals surface area contributed by atoms with Gasteiger partial charge in [-0.25, -0.2) is 0 Å². The molecule has 1 heterocycles. The van der Waals surface area contributed by atoms with E-state index in [1.165, 1.54) is 18.0 Å². The van der Waals surface area contributed by atoms with Crippen LogP contribution in [0, 0.1) is 0 Å². The van der Waals surface area contributed by atoms with Gasteiger partial charge in [0.1, 0.15) is 19.0 Å². The molecule has 0 radical (unpaired) electrons. The molecule has 176 valence electrons.